The van der Waals surface area contributed by atoms with Gasteiger partial charge in [0.25, 0.3) is 0 Å². The summed E-state index contributed by atoms with van der Waals surface area (Å²) in [6, 6.07) is 3.42. The summed E-state index contributed by atoms with van der Waals surface area (Å²) in [7, 11) is 0. The van der Waals surface area contributed by atoms with Gasteiger partial charge in [0, 0.05) is 12.1 Å². The maximum Gasteiger partial charge on any atom is 0.304 e. The van der Waals surface area contributed by atoms with Crippen molar-refractivity contribution in [1.82, 2.24) is 20.2 Å². The van der Waals surface area contributed by atoms with Crippen molar-refractivity contribution < 1.29 is 9.31 Å². The summed E-state index contributed by atoms with van der Waals surface area (Å²) in [5.74, 6) is -0.923. The van der Waals surface area contributed by atoms with Gasteiger partial charge < -0.3 is 0 Å². The first-order chi connectivity index (χ1) is 7.18. The molecule has 0 saturated heterocycles. The van der Waals surface area contributed by atoms with E-state index in [4.69, 9.17) is 0 Å². The topological polar surface area (TPSA) is 86.7 Å². The van der Waals surface area contributed by atoms with Crippen LogP contribution in [0, 0.1) is 15.9 Å². The molecule has 2 rings (SSSR count). The SMILES string of the molecule is O=[N+]([O-])c1ccc(-n2cnnn2)cc1F. The Bertz CT molecular complexity index is 498. The summed E-state index contributed by atoms with van der Waals surface area (Å²) in [5.41, 5.74) is -0.255. The number of benzene rings is 1. The molecule has 1 aromatic carbocycles. The summed E-state index contributed by atoms with van der Waals surface area (Å²) in [5, 5.41) is 20.6. The van der Waals surface area contributed by atoms with E-state index < -0.39 is 16.4 Å². The Kier molecular flexibility index (Phi) is 2.08. The molecule has 0 saturated carbocycles. The van der Waals surface area contributed by atoms with Crippen molar-refractivity contribution in [3.63, 3.8) is 0 Å². The van der Waals surface area contributed by atoms with Crippen molar-refractivity contribution in [1.29, 1.82) is 0 Å². The van der Waals surface area contributed by atoms with E-state index in [1.165, 1.54) is 17.1 Å². The van der Waals surface area contributed by atoms with Crippen LogP contribution in [0.15, 0.2) is 24.5 Å². The van der Waals surface area contributed by atoms with Crippen LogP contribution in [0.1, 0.15) is 0 Å². The highest BCUT2D eigenvalue weighted by Gasteiger charge is 2.14. The van der Waals surface area contributed by atoms with Crippen molar-refractivity contribution in [2.45, 2.75) is 0 Å². The molecule has 0 bridgehead atoms. The predicted molar refractivity (Wildman–Crippen MR) is 45.8 cm³/mol. The molecule has 0 aliphatic carbocycles. The molecule has 0 unspecified atom stereocenters. The van der Waals surface area contributed by atoms with Gasteiger partial charge in [-0.15, -0.1) is 5.10 Å². The molecule has 0 atom stereocenters. The number of hydrogen-bond donors (Lipinski definition) is 0. The normalized spacial score (nSPS) is 10.2. The number of aromatic nitrogens is 4. The maximum atomic E-state index is 13.2. The molecule has 0 N–H and O–H groups in total. The van der Waals surface area contributed by atoms with Crippen molar-refractivity contribution in [3.8, 4) is 5.69 Å². The highest BCUT2D eigenvalue weighted by Crippen LogP contribution is 2.19. The Hall–Kier alpha value is -2.38. The van der Waals surface area contributed by atoms with Gasteiger partial charge in [0.05, 0.1) is 10.6 Å². The van der Waals surface area contributed by atoms with E-state index in [0.29, 0.717) is 5.69 Å². The molecule has 0 aliphatic heterocycles. The van der Waals surface area contributed by atoms with Crippen LogP contribution in [0.5, 0.6) is 0 Å². The fourth-order valence-electron chi connectivity index (χ4n) is 1.07. The summed E-state index contributed by atoms with van der Waals surface area (Å²) < 4.78 is 14.4. The van der Waals surface area contributed by atoms with E-state index in [1.807, 2.05) is 0 Å². The van der Waals surface area contributed by atoms with Crippen LogP contribution in [0.4, 0.5) is 10.1 Å². The number of nitro benzene ring substituents is 1. The standard InChI is InChI=1S/C7H4FN5O2/c8-6-3-5(12-4-9-10-11-12)1-2-7(6)13(14)15/h1-4H. The smallest absolute Gasteiger partial charge is 0.258 e. The van der Waals surface area contributed by atoms with E-state index in [1.54, 1.807) is 0 Å². The highest BCUT2D eigenvalue weighted by atomic mass is 19.1. The third kappa shape index (κ3) is 1.64. The quantitative estimate of drug-likeness (QED) is 0.536. The third-order valence-corrected chi connectivity index (χ3v) is 1.74. The molecular weight excluding hydrogens is 205 g/mol. The van der Waals surface area contributed by atoms with Crippen LogP contribution in [-0.4, -0.2) is 25.1 Å². The average Bonchev–Trinajstić information content (AvgIpc) is 2.69. The predicted octanol–water partition coefficient (Wildman–Crippen LogP) is 0.710. The Balaban J connectivity index is 2.47. The highest BCUT2D eigenvalue weighted by molar-refractivity contribution is 5.41. The Morgan fingerprint density at radius 2 is 2.27 bits per heavy atom. The second-order valence-corrected chi connectivity index (χ2v) is 2.65. The van der Waals surface area contributed by atoms with Crippen molar-refractivity contribution in [3.05, 3.63) is 40.5 Å². The van der Waals surface area contributed by atoms with Crippen molar-refractivity contribution in [2.75, 3.05) is 0 Å². The lowest BCUT2D eigenvalue weighted by molar-refractivity contribution is -0.387. The van der Waals surface area contributed by atoms with E-state index >= 15 is 0 Å². The van der Waals surface area contributed by atoms with Gasteiger partial charge >= 0.3 is 5.69 Å². The van der Waals surface area contributed by atoms with Gasteiger partial charge in [-0.25, -0.2) is 4.68 Å². The number of tetrazole rings is 1. The minimum Gasteiger partial charge on any atom is -0.258 e. The second kappa shape index (κ2) is 3.40. The zero-order valence-electron chi connectivity index (χ0n) is 7.24. The van der Waals surface area contributed by atoms with E-state index in [0.717, 1.165) is 12.1 Å². The summed E-state index contributed by atoms with van der Waals surface area (Å²) in [4.78, 5) is 9.55. The van der Waals surface area contributed by atoms with Gasteiger partial charge in [0.1, 0.15) is 6.33 Å². The Morgan fingerprint density at radius 1 is 1.47 bits per heavy atom. The summed E-state index contributed by atoms with van der Waals surface area (Å²) >= 11 is 0. The second-order valence-electron chi connectivity index (χ2n) is 2.65. The largest absolute Gasteiger partial charge is 0.304 e. The Morgan fingerprint density at radius 3 is 2.80 bits per heavy atom. The van der Waals surface area contributed by atoms with Crippen LogP contribution >= 0.6 is 0 Å². The summed E-state index contributed by atoms with van der Waals surface area (Å²) in [6.45, 7) is 0. The van der Waals surface area contributed by atoms with E-state index in [-0.39, 0.29) is 0 Å². The van der Waals surface area contributed by atoms with Crippen LogP contribution in [0.25, 0.3) is 5.69 Å². The fraction of sp³-hybridized carbons (Fsp3) is 0. The van der Waals surface area contributed by atoms with Gasteiger partial charge in [-0.3, -0.25) is 10.1 Å². The van der Waals surface area contributed by atoms with Gasteiger partial charge in [-0.1, -0.05) is 0 Å². The molecule has 0 radical (unpaired) electrons. The molecule has 0 fully saturated rings. The molecule has 76 valence electrons. The minimum atomic E-state index is -0.923. The molecule has 0 amide bonds. The lowest BCUT2D eigenvalue weighted by Gasteiger charge is -1.99. The maximum absolute atomic E-state index is 13.2. The zero-order chi connectivity index (χ0) is 10.8. The summed E-state index contributed by atoms with van der Waals surface area (Å²) in [6.07, 6.45) is 1.26. The molecule has 1 aromatic heterocycles. The van der Waals surface area contributed by atoms with Crippen LogP contribution in [0.3, 0.4) is 0 Å². The van der Waals surface area contributed by atoms with E-state index in [9.17, 15) is 14.5 Å². The van der Waals surface area contributed by atoms with Crippen LogP contribution in [-0.2, 0) is 0 Å². The number of halogens is 1. The fourth-order valence-corrected chi connectivity index (χ4v) is 1.07. The molecule has 7 nitrogen and oxygen atoms in total. The van der Waals surface area contributed by atoms with Gasteiger partial charge in [-0.2, -0.15) is 4.39 Å². The number of nitrogens with zero attached hydrogens (tertiary/aromatic N) is 5. The zero-order valence-corrected chi connectivity index (χ0v) is 7.24. The minimum absolute atomic E-state index is 0.322. The van der Waals surface area contributed by atoms with E-state index in [2.05, 4.69) is 15.5 Å². The first kappa shape index (κ1) is 9.19. The molecule has 8 heteroatoms. The molecule has 1 heterocycles. The number of hydrogen-bond acceptors (Lipinski definition) is 5. The molecular formula is C7H4FN5O2. The van der Waals surface area contributed by atoms with Crippen molar-refractivity contribution >= 4 is 5.69 Å². The first-order valence-corrected chi connectivity index (χ1v) is 3.86. The molecule has 15 heavy (non-hydrogen) atoms. The molecule has 0 aliphatic rings. The van der Waals surface area contributed by atoms with Crippen LogP contribution < -0.4 is 0 Å². The third-order valence-electron chi connectivity index (χ3n) is 1.74. The average molecular weight is 209 g/mol. The monoisotopic (exact) mass is 209 g/mol. The molecule has 0 spiro atoms. The van der Waals surface area contributed by atoms with Gasteiger partial charge in [-0.05, 0) is 16.5 Å². The number of rotatable bonds is 2. The van der Waals surface area contributed by atoms with Gasteiger partial charge in [0.15, 0.2) is 0 Å². The van der Waals surface area contributed by atoms with Crippen molar-refractivity contribution in [2.24, 2.45) is 0 Å². The molecule has 2 aromatic rings. The lowest BCUT2D eigenvalue weighted by Crippen LogP contribution is -1.98. The first-order valence-electron chi connectivity index (χ1n) is 3.86. The lowest BCUT2D eigenvalue weighted by atomic mass is 10.3. The Labute approximate surface area is 82.3 Å². The van der Waals surface area contributed by atoms with Gasteiger partial charge in [0.2, 0.25) is 5.82 Å². The number of nitro groups is 1. The van der Waals surface area contributed by atoms with Crippen LogP contribution in [0.2, 0.25) is 0 Å².